The second-order valence-corrected chi connectivity index (χ2v) is 4.05. The summed E-state index contributed by atoms with van der Waals surface area (Å²) in [5.74, 6) is -0.295. The maximum Gasteiger partial charge on any atom is 0.356 e. The molecule has 8 heteroatoms. The fourth-order valence-corrected chi connectivity index (χ4v) is 1.44. The molecule has 2 aromatic rings. The summed E-state index contributed by atoms with van der Waals surface area (Å²) in [6.07, 6.45) is 1.31. The van der Waals surface area contributed by atoms with Gasteiger partial charge in [-0.3, -0.25) is 20.2 Å². The predicted molar refractivity (Wildman–Crippen MR) is 70.1 cm³/mol. The lowest BCUT2D eigenvalue weighted by atomic mass is 10.3. The van der Waals surface area contributed by atoms with Gasteiger partial charge in [0.2, 0.25) is 11.9 Å². The smallest absolute Gasteiger partial charge is 0.274 e. The third-order valence-electron chi connectivity index (χ3n) is 2.16. The van der Waals surface area contributed by atoms with E-state index in [1.54, 1.807) is 24.3 Å². The van der Waals surface area contributed by atoms with Gasteiger partial charge in [-0.05, 0) is 24.3 Å². The number of hydrogen-bond donors (Lipinski definition) is 2. The van der Waals surface area contributed by atoms with Crippen molar-refractivity contribution in [2.45, 2.75) is 6.92 Å². The Hall–Kier alpha value is -2.41. The van der Waals surface area contributed by atoms with E-state index in [-0.39, 0.29) is 11.9 Å². The van der Waals surface area contributed by atoms with Crippen molar-refractivity contribution in [2.75, 3.05) is 5.43 Å². The Bertz CT molecular complexity index is 653. The monoisotopic (exact) mass is 279 g/mol. The lowest BCUT2D eigenvalue weighted by Gasteiger charge is -2.07. The van der Waals surface area contributed by atoms with Crippen molar-refractivity contribution in [2.24, 2.45) is 0 Å². The largest absolute Gasteiger partial charge is 0.356 e. The first-order valence-corrected chi connectivity index (χ1v) is 5.68. The number of carbonyl (C=O) groups is 1. The summed E-state index contributed by atoms with van der Waals surface area (Å²) >= 11 is 5.77. The van der Waals surface area contributed by atoms with E-state index in [1.807, 2.05) is 0 Å². The number of aromatic nitrogens is 3. The Morgan fingerprint density at radius 3 is 2.58 bits per heavy atom. The van der Waals surface area contributed by atoms with Crippen LogP contribution < -0.4 is 16.5 Å². The minimum absolute atomic E-state index is 0.0189. The van der Waals surface area contributed by atoms with E-state index >= 15 is 0 Å². The molecule has 0 aliphatic heterocycles. The number of hydrogen-bond acceptors (Lipinski definition) is 5. The van der Waals surface area contributed by atoms with Gasteiger partial charge in [-0.25, -0.2) is 9.78 Å². The van der Waals surface area contributed by atoms with Crippen LogP contribution in [0.5, 0.6) is 0 Å². The average Bonchev–Trinajstić information content (AvgIpc) is 2.38. The maximum absolute atomic E-state index is 11.8. The zero-order valence-corrected chi connectivity index (χ0v) is 10.7. The van der Waals surface area contributed by atoms with E-state index in [0.717, 1.165) is 0 Å². The predicted octanol–water partition coefficient (Wildman–Crippen LogP) is 0.744. The van der Waals surface area contributed by atoms with Crippen LogP contribution in [-0.2, 0) is 4.79 Å². The maximum atomic E-state index is 11.8. The van der Waals surface area contributed by atoms with Gasteiger partial charge in [0, 0.05) is 11.9 Å². The van der Waals surface area contributed by atoms with E-state index in [0.29, 0.717) is 10.7 Å². The molecule has 0 aliphatic rings. The van der Waals surface area contributed by atoms with Gasteiger partial charge in [0.25, 0.3) is 0 Å². The Labute approximate surface area is 113 Å². The van der Waals surface area contributed by atoms with Gasteiger partial charge in [0.15, 0.2) is 0 Å². The van der Waals surface area contributed by atoms with Crippen molar-refractivity contribution in [1.82, 2.24) is 20.0 Å². The molecule has 0 spiro atoms. The molecule has 0 aliphatic carbocycles. The number of halogens is 1. The van der Waals surface area contributed by atoms with Gasteiger partial charge >= 0.3 is 5.69 Å². The first kappa shape index (κ1) is 13.0. The van der Waals surface area contributed by atoms with Crippen molar-refractivity contribution < 1.29 is 4.79 Å². The van der Waals surface area contributed by atoms with E-state index in [1.165, 1.54) is 17.8 Å². The van der Waals surface area contributed by atoms with E-state index < -0.39 is 5.69 Å². The Kier molecular flexibility index (Phi) is 3.76. The number of hydrazine groups is 1. The lowest BCUT2D eigenvalue weighted by Crippen LogP contribution is -2.31. The minimum Gasteiger partial charge on any atom is -0.274 e. The van der Waals surface area contributed by atoms with Crippen LogP contribution in [0.4, 0.5) is 5.95 Å². The first-order chi connectivity index (χ1) is 9.06. The first-order valence-electron chi connectivity index (χ1n) is 5.30. The summed E-state index contributed by atoms with van der Waals surface area (Å²) in [4.78, 5) is 30.1. The highest BCUT2D eigenvalue weighted by Crippen LogP contribution is 2.11. The summed E-state index contributed by atoms with van der Waals surface area (Å²) in [6.45, 7) is 1.32. The molecule has 0 saturated heterocycles. The second kappa shape index (κ2) is 5.49. The number of carbonyl (C=O) groups excluding carboxylic acids is 1. The van der Waals surface area contributed by atoms with Crippen LogP contribution in [0.3, 0.4) is 0 Å². The molecular weight excluding hydrogens is 270 g/mol. The summed E-state index contributed by atoms with van der Waals surface area (Å²) in [5.41, 5.74) is 4.77. The molecule has 7 nitrogen and oxygen atoms in total. The number of nitrogens with zero attached hydrogens (tertiary/aromatic N) is 3. The van der Waals surface area contributed by atoms with Crippen LogP contribution in [0.1, 0.15) is 6.92 Å². The molecule has 1 aromatic carbocycles. The molecule has 98 valence electrons. The Morgan fingerprint density at radius 1 is 1.32 bits per heavy atom. The lowest BCUT2D eigenvalue weighted by molar-refractivity contribution is -0.118. The van der Waals surface area contributed by atoms with E-state index in [4.69, 9.17) is 11.6 Å². The highest BCUT2D eigenvalue weighted by Gasteiger charge is 2.04. The van der Waals surface area contributed by atoms with Gasteiger partial charge in [-0.2, -0.15) is 4.98 Å². The molecule has 1 heterocycles. The number of amides is 1. The molecule has 0 fully saturated rings. The Morgan fingerprint density at radius 2 is 2.00 bits per heavy atom. The fourth-order valence-electron chi connectivity index (χ4n) is 1.32. The molecule has 2 rings (SSSR count). The average molecular weight is 280 g/mol. The van der Waals surface area contributed by atoms with Crippen LogP contribution in [0, 0.1) is 0 Å². The van der Waals surface area contributed by atoms with Crippen LogP contribution >= 0.6 is 11.6 Å². The highest BCUT2D eigenvalue weighted by atomic mass is 35.5. The zero-order chi connectivity index (χ0) is 13.8. The molecule has 0 saturated carbocycles. The van der Waals surface area contributed by atoms with Crippen molar-refractivity contribution in [1.29, 1.82) is 0 Å². The molecule has 0 radical (unpaired) electrons. The van der Waals surface area contributed by atoms with Crippen molar-refractivity contribution in [3.8, 4) is 5.69 Å². The molecule has 0 atom stereocenters. The van der Waals surface area contributed by atoms with Gasteiger partial charge in [0.1, 0.15) is 6.33 Å². The third kappa shape index (κ3) is 3.29. The third-order valence-corrected chi connectivity index (χ3v) is 2.41. The quantitative estimate of drug-likeness (QED) is 0.809. The van der Waals surface area contributed by atoms with Crippen LogP contribution in [0.25, 0.3) is 5.69 Å². The van der Waals surface area contributed by atoms with Crippen molar-refractivity contribution in [3.05, 3.63) is 46.1 Å². The molecule has 1 amide bonds. The van der Waals surface area contributed by atoms with Crippen molar-refractivity contribution in [3.63, 3.8) is 0 Å². The SMILES string of the molecule is CC(=O)NNc1ncn(-c2ccc(Cl)cc2)c(=O)n1. The van der Waals surface area contributed by atoms with Gasteiger partial charge < -0.3 is 0 Å². The van der Waals surface area contributed by atoms with Crippen LogP contribution in [0.15, 0.2) is 35.4 Å². The molecular formula is C11H10ClN5O2. The molecule has 0 bridgehead atoms. The molecule has 0 unspecified atom stereocenters. The van der Waals surface area contributed by atoms with Gasteiger partial charge in [-0.15, -0.1) is 0 Å². The topological polar surface area (TPSA) is 88.9 Å². The summed E-state index contributed by atoms with van der Waals surface area (Å²) < 4.78 is 1.26. The molecule has 19 heavy (non-hydrogen) atoms. The standard InChI is InChI=1S/C11H10ClN5O2/c1-7(18)15-16-10-13-6-17(11(19)14-10)9-4-2-8(12)3-5-9/h2-6H,1H3,(H,15,18)(H,14,16,19). The number of benzene rings is 1. The fraction of sp³-hybridized carbons (Fsp3) is 0.0909. The molecule has 2 N–H and O–H groups in total. The van der Waals surface area contributed by atoms with Gasteiger partial charge in [0.05, 0.1) is 5.69 Å². The van der Waals surface area contributed by atoms with Crippen LogP contribution in [0.2, 0.25) is 5.02 Å². The van der Waals surface area contributed by atoms with Crippen LogP contribution in [-0.4, -0.2) is 20.4 Å². The Balaban J connectivity index is 2.26. The van der Waals surface area contributed by atoms with E-state index in [9.17, 15) is 9.59 Å². The summed E-state index contributed by atoms with van der Waals surface area (Å²) in [7, 11) is 0. The minimum atomic E-state index is -0.523. The highest BCUT2D eigenvalue weighted by molar-refractivity contribution is 6.30. The second-order valence-electron chi connectivity index (χ2n) is 3.62. The zero-order valence-electron chi connectivity index (χ0n) is 9.92. The normalized spacial score (nSPS) is 10.0. The summed E-state index contributed by atoms with van der Waals surface area (Å²) in [5, 5.41) is 0.571. The van der Waals surface area contributed by atoms with Crippen molar-refractivity contribution >= 4 is 23.5 Å². The number of anilines is 1. The number of rotatable bonds is 3. The van der Waals surface area contributed by atoms with Gasteiger partial charge in [-0.1, -0.05) is 11.6 Å². The number of nitrogens with one attached hydrogen (secondary N) is 2. The molecule has 1 aromatic heterocycles. The summed E-state index contributed by atoms with van der Waals surface area (Å²) in [6, 6.07) is 6.67. The van der Waals surface area contributed by atoms with E-state index in [2.05, 4.69) is 20.8 Å².